The molecule has 1 atom stereocenters. The quantitative estimate of drug-likeness (QED) is 0.907. The lowest BCUT2D eigenvalue weighted by Gasteiger charge is -2.16. The van der Waals surface area contributed by atoms with Crippen molar-refractivity contribution in [3.8, 4) is 5.75 Å². The fourth-order valence-corrected chi connectivity index (χ4v) is 2.73. The first-order valence-corrected chi connectivity index (χ1v) is 6.80. The van der Waals surface area contributed by atoms with Crippen molar-refractivity contribution in [3.63, 3.8) is 0 Å². The molecule has 19 heavy (non-hydrogen) atoms. The van der Waals surface area contributed by atoms with E-state index in [-0.39, 0.29) is 6.04 Å². The maximum absolute atomic E-state index is 6.37. The van der Waals surface area contributed by atoms with Crippen LogP contribution in [0, 0.1) is 6.92 Å². The minimum Gasteiger partial charge on any atom is -0.493 e. The minimum absolute atomic E-state index is 0.203. The molecule has 0 radical (unpaired) electrons. The van der Waals surface area contributed by atoms with Gasteiger partial charge in [-0.2, -0.15) is 0 Å². The number of hydrogen-bond donors (Lipinski definition) is 1. The van der Waals surface area contributed by atoms with Gasteiger partial charge in [0.2, 0.25) is 0 Å². The maximum atomic E-state index is 6.37. The largest absolute Gasteiger partial charge is 0.493 e. The van der Waals surface area contributed by atoms with E-state index in [1.807, 2.05) is 12.1 Å². The Morgan fingerprint density at radius 2 is 1.95 bits per heavy atom. The van der Waals surface area contributed by atoms with Gasteiger partial charge in [0.15, 0.2) is 0 Å². The molecule has 0 aliphatic carbocycles. The Labute approximate surface area is 118 Å². The molecule has 0 saturated carbocycles. The van der Waals surface area contributed by atoms with Crippen LogP contribution in [0.25, 0.3) is 0 Å². The zero-order chi connectivity index (χ0) is 13.4. The van der Waals surface area contributed by atoms with Crippen LogP contribution in [0.2, 0.25) is 5.02 Å². The van der Waals surface area contributed by atoms with E-state index in [1.165, 1.54) is 5.56 Å². The Morgan fingerprint density at radius 1 is 1.21 bits per heavy atom. The smallest absolute Gasteiger partial charge is 0.127 e. The molecular formula is C16H16ClNO. The molecule has 0 spiro atoms. The van der Waals surface area contributed by atoms with Crippen molar-refractivity contribution in [2.45, 2.75) is 19.4 Å². The van der Waals surface area contributed by atoms with E-state index in [0.717, 1.165) is 33.9 Å². The highest BCUT2D eigenvalue weighted by Gasteiger charge is 2.22. The lowest BCUT2D eigenvalue weighted by atomic mass is 9.96. The van der Waals surface area contributed by atoms with Crippen LogP contribution in [0.1, 0.15) is 28.3 Å². The SMILES string of the molecule is Cc1ccc(C(N)c2cc(Cl)cc3c2OCC3)cc1. The Balaban J connectivity index is 2.04. The third kappa shape index (κ3) is 2.34. The van der Waals surface area contributed by atoms with Crippen molar-refractivity contribution in [3.05, 3.63) is 63.7 Å². The summed E-state index contributed by atoms with van der Waals surface area (Å²) in [4.78, 5) is 0. The van der Waals surface area contributed by atoms with Crippen LogP contribution < -0.4 is 10.5 Å². The molecular weight excluding hydrogens is 258 g/mol. The monoisotopic (exact) mass is 273 g/mol. The van der Waals surface area contributed by atoms with E-state index in [2.05, 4.69) is 31.2 Å². The molecule has 2 aromatic carbocycles. The van der Waals surface area contributed by atoms with Crippen LogP contribution >= 0.6 is 11.6 Å². The molecule has 1 aliphatic heterocycles. The van der Waals surface area contributed by atoms with Crippen molar-refractivity contribution in [2.24, 2.45) is 5.73 Å². The Kier molecular flexibility index (Phi) is 3.21. The van der Waals surface area contributed by atoms with E-state index in [0.29, 0.717) is 6.61 Å². The third-order valence-electron chi connectivity index (χ3n) is 3.55. The second kappa shape index (κ2) is 4.87. The van der Waals surface area contributed by atoms with Crippen LogP contribution in [0.15, 0.2) is 36.4 Å². The van der Waals surface area contributed by atoms with Crippen LogP contribution in [-0.4, -0.2) is 6.61 Å². The second-order valence-corrected chi connectivity index (χ2v) is 5.41. The van der Waals surface area contributed by atoms with Crippen molar-refractivity contribution < 1.29 is 4.74 Å². The summed E-state index contributed by atoms with van der Waals surface area (Å²) < 4.78 is 5.71. The average Bonchev–Trinajstić information content (AvgIpc) is 2.85. The van der Waals surface area contributed by atoms with E-state index < -0.39 is 0 Å². The normalized spacial score (nSPS) is 14.9. The average molecular weight is 274 g/mol. The maximum Gasteiger partial charge on any atom is 0.127 e. The van der Waals surface area contributed by atoms with Gasteiger partial charge in [0.05, 0.1) is 12.6 Å². The van der Waals surface area contributed by atoms with Crippen molar-refractivity contribution in [1.82, 2.24) is 0 Å². The van der Waals surface area contributed by atoms with E-state index in [1.54, 1.807) is 0 Å². The molecule has 2 nitrogen and oxygen atoms in total. The topological polar surface area (TPSA) is 35.2 Å². The molecule has 2 N–H and O–H groups in total. The van der Waals surface area contributed by atoms with Gasteiger partial charge >= 0.3 is 0 Å². The summed E-state index contributed by atoms with van der Waals surface area (Å²) in [5, 5.41) is 0.724. The number of halogens is 1. The van der Waals surface area contributed by atoms with Gasteiger partial charge < -0.3 is 10.5 Å². The molecule has 0 aromatic heterocycles. The number of benzene rings is 2. The van der Waals surface area contributed by atoms with Crippen LogP contribution in [0.3, 0.4) is 0 Å². The number of aryl methyl sites for hydroxylation is 1. The van der Waals surface area contributed by atoms with Gasteiger partial charge in [0.25, 0.3) is 0 Å². The van der Waals surface area contributed by atoms with Crippen LogP contribution in [0.4, 0.5) is 0 Å². The Morgan fingerprint density at radius 3 is 2.68 bits per heavy atom. The summed E-state index contributed by atoms with van der Waals surface area (Å²) in [6.07, 6.45) is 0.906. The number of nitrogens with two attached hydrogens (primary N) is 1. The predicted molar refractivity (Wildman–Crippen MR) is 77.9 cm³/mol. The highest BCUT2D eigenvalue weighted by molar-refractivity contribution is 6.30. The number of ether oxygens (including phenoxy) is 1. The van der Waals surface area contributed by atoms with Crippen molar-refractivity contribution >= 4 is 11.6 Å². The summed E-state index contributed by atoms with van der Waals surface area (Å²) in [5.41, 5.74) is 10.8. The molecule has 1 heterocycles. The first kappa shape index (κ1) is 12.5. The van der Waals surface area contributed by atoms with E-state index in [4.69, 9.17) is 22.1 Å². The molecule has 1 unspecified atom stereocenters. The third-order valence-corrected chi connectivity index (χ3v) is 3.77. The lowest BCUT2D eigenvalue weighted by Crippen LogP contribution is -2.13. The summed E-state index contributed by atoms with van der Waals surface area (Å²) in [6.45, 7) is 2.78. The summed E-state index contributed by atoms with van der Waals surface area (Å²) in [6, 6.07) is 11.9. The van der Waals surface area contributed by atoms with E-state index >= 15 is 0 Å². The van der Waals surface area contributed by atoms with Crippen molar-refractivity contribution in [1.29, 1.82) is 0 Å². The Bertz CT molecular complexity index is 607. The zero-order valence-electron chi connectivity index (χ0n) is 10.8. The number of rotatable bonds is 2. The van der Waals surface area contributed by atoms with Gasteiger partial charge in [-0.05, 0) is 30.2 Å². The molecule has 3 heteroatoms. The fourth-order valence-electron chi connectivity index (χ4n) is 2.48. The summed E-state index contributed by atoms with van der Waals surface area (Å²) >= 11 is 6.17. The molecule has 1 aliphatic rings. The standard InChI is InChI=1S/C16H16ClNO/c1-10-2-4-11(5-3-10)15(18)14-9-13(17)8-12-6-7-19-16(12)14/h2-5,8-9,15H,6-7,18H2,1H3. The second-order valence-electron chi connectivity index (χ2n) is 4.97. The molecule has 0 bridgehead atoms. The highest BCUT2D eigenvalue weighted by atomic mass is 35.5. The first-order chi connectivity index (χ1) is 9.15. The van der Waals surface area contributed by atoms with Crippen molar-refractivity contribution in [2.75, 3.05) is 6.61 Å². The van der Waals surface area contributed by atoms with Gasteiger partial charge in [-0.3, -0.25) is 0 Å². The molecule has 0 amide bonds. The summed E-state index contributed by atoms with van der Waals surface area (Å²) in [5.74, 6) is 0.914. The van der Waals surface area contributed by atoms with Gasteiger partial charge in [0, 0.05) is 17.0 Å². The predicted octanol–water partition coefficient (Wildman–Crippen LogP) is 3.63. The van der Waals surface area contributed by atoms with Gasteiger partial charge in [0.1, 0.15) is 5.75 Å². The molecule has 0 saturated heterocycles. The number of hydrogen-bond acceptors (Lipinski definition) is 2. The lowest BCUT2D eigenvalue weighted by molar-refractivity contribution is 0.352. The fraction of sp³-hybridized carbons (Fsp3) is 0.250. The molecule has 2 aromatic rings. The molecule has 3 rings (SSSR count). The van der Waals surface area contributed by atoms with Crippen LogP contribution in [0.5, 0.6) is 5.75 Å². The highest BCUT2D eigenvalue weighted by Crippen LogP contribution is 2.37. The zero-order valence-corrected chi connectivity index (χ0v) is 11.6. The molecule has 0 fully saturated rings. The van der Waals surface area contributed by atoms with Gasteiger partial charge in [-0.25, -0.2) is 0 Å². The minimum atomic E-state index is -0.203. The van der Waals surface area contributed by atoms with Gasteiger partial charge in [-0.15, -0.1) is 0 Å². The Hall–Kier alpha value is -1.51. The molecule has 98 valence electrons. The first-order valence-electron chi connectivity index (χ1n) is 6.42. The van der Waals surface area contributed by atoms with Gasteiger partial charge in [-0.1, -0.05) is 41.4 Å². The van der Waals surface area contributed by atoms with E-state index in [9.17, 15) is 0 Å². The number of fused-ring (bicyclic) bond motifs is 1. The summed E-state index contributed by atoms with van der Waals surface area (Å²) in [7, 11) is 0. The van der Waals surface area contributed by atoms with Crippen LogP contribution in [-0.2, 0) is 6.42 Å².